The van der Waals surface area contributed by atoms with Gasteiger partial charge >= 0.3 is 0 Å². The number of amides is 1. The summed E-state index contributed by atoms with van der Waals surface area (Å²) in [6.45, 7) is 5.30. The van der Waals surface area contributed by atoms with Crippen molar-refractivity contribution < 1.29 is 14.3 Å². The largest absolute Gasteiger partial charge is 0.376 e. The normalized spacial score (nSPS) is 36.5. The Kier molecular flexibility index (Phi) is 3.23. The fourth-order valence-electron chi connectivity index (χ4n) is 1.94. The van der Waals surface area contributed by atoms with Crippen LogP contribution in [-0.2, 0) is 14.3 Å². The van der Waals surface area contributed by atoms with Gasteiger partial charge in [0.2, 0.25) is 0 Å². The van der Waals surface area contributed by atoms with Crippen molar-refractivity contribution in [2.75, 3.05) is 32.9 Å². The van der Waals surface area contributed by atoms with Gasteiger partial charge in [-0.15, -0.1) is 0 Å². The molecule has 2 rings (SSSR count). The molecule has 2 saturated heterocycles. The zero-order valence-corrected chi connectivity index (χ0v) is 9.04. The van der Waals surface area contributed by atoms with Crippen molar-refractivity contribution >= 4 is 5.91 Å². The van der Waals surface area contributed by atoms with E-state index in [0.717, 1.165) is 19.5 Å². The highest BCUT2D eigenvalue weighted by Gasteiger charge is 2.33. The van der Waals surface area contributed by atoms with E-state index < -0.39 is 6.10 Å². The van der Waals surface area contributed by atoms with Crippen molar-refractivity contribution in [3.8, 4) is 0 Å². The Morgan fingerprint density at radius 2 is 2.40 bits per heavy atom. The molecule has 0 bridgehead atoms. The standard InChI is InChI=1S/C10H18N2O3/c1-10(2-3-11-7-10)12-9(13)8-6-14-4-5-15-8/h8,11H,2-7H2,1H3,(H,12,13). The van der Waals surface area contributed by atoms with Crippen LogP contribution in [0.5, 0.6) is 0 Å². The molecule has 0 aromatic carbocycles. The quantitative estimate of drug-likeness (QED) is 0.636. The van der Waals surface area contributed by atoms with E-state index in [2.05, 4.69) is 17.6 Å². The van der Waals surface area contributed by atoms with E-state index in [4.69, 9.17) is 9.47 Å². The average molecular weight is 214 g/mol. The number of rotatable bonds is 2. The number of hydrogen-bond donors (Lipinski definition) is 2. The lowest BCUT2D eigenvalue weighted by atomic mass is 10.0. The van der Waals surface area contributed by atoms with E-state index in [0.29, 0.717) is 19.8 Å². The number of nitrogens with one attached hydrogen (secondary N) is 2. The smallest absolute Gasteiger partial charge is 0.252 e. The molecule has 15 heavy (non-hydrogen) atoms. The van der Waals surface area contributed by atoms with Crippen molar-refractivity contribution in [1.82, 2.24) is 10.6 Å². The lowest BCUT2D eigenvalue weighted by Gasteiger charge is -2.29. The third-order valence-corrected chi connectivity index (χ3v) is 2.90. The first-order valence-electron chi connectivity index (χ1n) is 5.42. The summed E-state index contributed by atoms with van der Waals surface area (Å²) in [7, 11) is 0. The monoisotopic (exact) mass is 214 g/mol. The number of carbonyl (C=O) groups is 1. The van der Waals surface area contributed by atoms with Gasteiger partial charge in [0.25, 0.3) is 5.91 Å². The summed E-state index contributed by atoms with van der Waals surface area (Å²) in [6.07, 6.45) is 0.531. The summed E-state index contributed by atoms with van der Waals surface area (Å²) in [5.41, 5.74) is -0.127. The van der Waals surface area contributed by atoms with Gasteiger partial charge < -0.3 is 20.1 Å². The molecule has 2 unspecified atom stereocenters. The molecule has 0 saturated carbocycles. The Morgan fingerprint density at radius 3 is 3.00 bits per heavy atom. The summed E-state index contributed by atoms with van der Waals surface area (Å²) in [5.74, 6) is -0.0547. The summed E-state index contributed by atoms with van der Waals surface area (Å²) in [6, 6.07) is 0. The Balaban J connectivity index is 1.85. The Morgan fingerprint density at radius 1 is 1.53 bits per heavy atom. The highest BCUT2D eigenvalue weighted by atomic mass is 16.6. The van der Waals surface area contributed by atoms with Crippen LogP contribution in [0.2, 0.25) is 0 Å². The third-order valence-electron chi connectivity index (χ3n) is 2.90. The minimum atomic E-state index is -0.434. The van der Waals surface area contributed by atoms with Gasteiger partial charge in [-0.2, -0.15) is 0 Å². The molecule has 1 amide bonds. The molecule has 0 aliphatic carbocycles. The molecule has 5 nitrogen and oxygen atoms in total. The van der Waals surface area contributed by atoms with E-state index in [9.17, 15) is 4.79 Å². The topological polar surface area (TPSA) is 59.6 Å². The van der Waals surface area contributed by atoms with Crippen molar-refractivity contribution in [3.63, 3.8) is 0 Å². The Bertz CT molecular complexity index is 233. The first-order valence-corrected chi connectivity index (χ1v) is 5.42. The maximum atomic E-state index is 11.8. The summed E-state index contributed by atoms with van der Waals surface area (Å²) in [4.78, 5) is 11.8. The zero-order valence-electron chi connectivity index (χ0n) is 9.04. The van der Waals surface area contributed by atoms with Crippen LogP contribution < -0.4 is 10.6 Å². The van der Waals surface area contributed by atoms with Gasteiger partial charge in [0, 0.05) is 6.54 Å². The van der Waals surface area contributed by atoms with Crippen LogP contribution in [0, 0.1) is 0 Å². The molecular weight excluding hydrogens is 196 g/mol. The molecule has 2 aliphatic rings. The number of ether oxygens (including phenoxy) is 2. The van der Waals surface area contributed by atoms with Crippen molar-refractivity contribution in [2.45, 2.75) is 25.0 Å². The van der Waals surface area contributed by atoms with Gasteiger partial charge in [0.1, 0.15) is 0 Å². The molecule has 2 N–H and O–H groups in total. The minimum absolute atomic E-state index is 0.0547. The molecule has 0 radical (unpaired) electrons. The van der Waals surface area contributed by atoms with Gasteiger partial charge in [-0.1, -0.05) is 0 Å². The lowest BCUT2D eigenvalue weighted by Crippen LogP contribution is -2.53. The van der Waals surface area contributed by atoms with E-state index >= 15 is 0 Å². The molecule has 0 spiro atoms. The highest BCUT2D eigenvalue weighted by Crippen LogP contribution is 2.14. The molecule has 86 valence electrons. The third kappa shape index (κ3) is 2.68. The number of carbonyl (C=O) groups excluding carboxylic acids is 1. The Hall–Kier alpha value is -0.650. The van der Waals surface area contributed by atoms with Gasteiger partial charge in [-0.05, 0) is 19.9 Å². The maximum absolute atomic E-state index is 11.8. The van der Waals surface area contributed by atoms with Gasteiger partial charge in [0.15, 0.2) is 6.10 Å². The van der Waals surface area contributed by atoms with E-state index in [-0.39, 0.29) is 11.4 Å². The molecule has 2 aliphatic heterocycles. The first kappa shape index (κ1) is 10.9. The molecule has 2 heterocycles. The van der Waals surface area contributed by atoms with E-state index in [1.54, 1.807) is 0 Å². The van der Waals surface area contributed by atoms with Crippen molar-refractivity contribution in [1.29, 1.82) is 0 Å². The van der Waals surface area contributed by atoms with Crippen LogP contribution >= 0.6 is 0 Å². The van der Waals surface area contributed by atoms with E-state index in [1.807, 2.05) is 0 Å². The van der Waals surface area contributed by atoms with Crippen LogP contribution in [0.3, 0.4) is 0 Å². The predicted octanol–water partition coefficient (Wildman–Crippen LogP) is -0.730. The molecule has 0 aromatic heterocycles. The molecule has 5 heteroatoms. The molecule has 2 atom stereocenters. The molecule has 0 aromatic rings. The molecule has 2 fully saturated rings. The second-order valence-corrected chi connectivity index (χ2v) is 4.41. The van der Waals surface area contributed by atoms with Gasteiger partial charge in [-0.3, -0.25) is 4.79 Å². The van der Waals surface area contributed by atoms with Crippen LogP contribution in [0.25, 0.3) is 0 Å². The summed E-state index contributed by atoms with van der Waals surface area (Å²) >= 11 is 0. The van der Waals surface area contributed by atoms with Crippen LogP contribution in [-0.4, -0.2) is 50.5 Å². The van der Waals surface area contributed by atoms with E-state index in [1.165, 1.54) is 0 Å². The lowest BCUT2D eigenvalue weighted by molar-refractivity contribution is -0.149. The zero-order chi connectivity index (χ0) is 10.7. The van der Waals surface area contributed by atoms with Gasteiger partial charge in [0.05, 0.1) is 25.4 Å². The summed E-state index contributed by atoms with van der Waals surface area (Å²) < 4.78 is 10.5. The second-order valence-electron chi connectivity index (χ2n) is 4.41. The molecular formula is C10H18N2O3. The summed E-state index contributed by atoms with van der Waals surface area (Å²) in [5, 5.41) is 6.25. The van der Waals surface area contributed by atoms with Crippen LogP contribution in [0.1, 0.15) is 13.3 Å². The van der Waals surface area contributed by atoms with Crippen molar-refractivity contribution in [2.24, 2.45) is 0 Å². The van der Waals surface area contributed by atoms with Crippen LogP contribution in [0.4, 0.5) is 0 Å². The SMILES string of the molecule is CC1(NC(=O)C2COCCO2)CCNC1. The number of hydrogen-bond acceptors (Lipinski definition) is 4. The van der Waals surface area contributed by atoms with Crippen molar-refractivity contribution in [3.05, 3.63) is 0 Å². The fourth-order valence-corrected chi connectivity index (χ4v) is 1.94. The van der Waals surface area contributed by atoms with Crippen LogP contribution in [0.15, 0.2) is 0 Å². The minimum Gasteiger partial charge on any atom is -0.376 e. The second kappa shape index (κ2) is 4.47. The fraction of sp³-hybridized carbons (Fsp3) is 0.900. The first-order chi connectivity index (χ1) is 7.20. The Labute approximate surface area is 89.5 Å². The predicted molar refractivity (Wildman–Crippen MR) is 54.6 cm³/mol. The highest BCUT2D eigenvalue weighted by molar-refractivity contribution is 5.81. The maximum Gasteiger partial charge on any atom is 0.252 e. The average Bonchev–Trinajstić information content (AvgIpc) is 2.66. The van der Waals surface area contributed by atoms with Gasteiger partial charge in [-0.25, -0.2) is 0 Å².